The average Bonchev–Trinajstić information content (AvgIpc) is 2.47. The molecule has 1 aliphatic rings. The molecule has 0 aliphatic carbocycles. The summed E-state index contributed by atoms with van der Waals surface area (Å²) in [7, 11) is 0. The van der Waals surface area contributed by atoms with Crippen molar-refractivity contribution in [1.29, 1.82) is 0 Å². The lowest BCUT2D eigenvalue weighted by Crippen LogP contribution is -2.32. The summed E-state index contributed by atoms with van der Waals surface area (Å²) in [6.07, 6.45) is 0.775. The summed E-state index contributed by atoms with van der Waals surface area (Å²) in [5.74, 6) is 0.764. The summed E-state index contributed by atoms with van der Waals surface area (Å²) < 4.78 is 7.32. The van der Waals surface area contributed by atoms with Gasteiger partial charge in [0.2, 0.25) is 0 Å². The lowest BCUT2D eigenvalue weighted by Gasteiger charge is -2.26. The second-order valence-corrected chi connectivity index (χ2v) is 6.60. The SMILES string of the molecule is O=C(NC1CCOc2ccccc21)c1ccc(Br)cc1Br. The lowest BCUT2D eigenvalue weighted by molar-refractivity contribution is 0.0924. The Bertz CT molecular complexity index is 688. The van der Waals surface area contributed by atoms with E-state index < -0.39 is 0 Å². The summed E-state index contributed by atoms with van der Waals surface area (Å²) in [5, 5.41) is 3.09. The Morgan fingerprint density at radius 2 is 2.00 bits per heavy atom. The highest BCUT2D eigenvalue weighted by molar-refractivity contribution is 9.11. The van der Waals surface area contributed by atoms with Crippen LogP contribution in [0.4, 0.5) is 0 Å². The number of amides is 1. The predicted octanol–water partition coefficient (Wildman–Crippen LogP) is 4.47. The molecule has 1 aliphatic heterocycles. The van der Waals surface area contributed by atoms with Crippen molar-refractivity contribution in [1.82, 2.24) is 5.32 Å². The van der Waals surface area contributed by atoms with Gasteiger partial charge in [-0.1, -0.05) is 34.1 Å². The minimum atomic E-state index is -0.0870. The Morgan fingerprint density at radius 3 is 2.81 bits per heavy atom. The van der Waals surface area contributed by atoms with Crippen LogP contribution in [0.3, 0.4) is 0 Å². The van der Waals surface area contributed by atoms with Gasteiger partial charge in [0.25, 0.3) is 5.91 Å². The number of para-hydroxylation sites is 1. The quantitative estimate of drug-likeness (QED) is 0.793. The number of halogens is 2. The van der Waals surface area contributed by atoms with E-state index in [1.165, 1.54) is 0 Å². The number of benzene rings is 2. The second kappa shape index (κ2) is 6.20. The second-order valence-electron chi connectivity index (χ2n) is 4.83. The molecule has 1 unspecified atom stereocenters. The molecule has 0 bridgehead atoms. The van der Waals surface area contributed by atoms with E-state index in [2.05, 4.69) is 37.2 Å². The first kappa shape index (κ1) is 14.6. The molecule has 0 spiro atoms. The van der Waals surface area contributed by atoms with E-state index in [-0.39, 0.29) is 11.9 Å². The van der Waals surface area contributed by atoms with Crippen LogP contribution in [-0.2, 0) is 0 Å². The lowest BCUT2D eigenvalue weighted by atomic mass is 10.00. The maximum atomic E-state index is 12.5. The summed E-state index contributed by atoms with van der Waals surface area (Å²) >= 11 is 6.82. The fourth-order valence-electron chi connectivity index (χ4n) is 2.40. The van der Waals surface area contributed by atoms with Crippen LogP contribution in [0.2, 0.25) is 0 Å². The van der Waals surface area contributed by atoms with Gasteiger partial charge in [-0.2, -0.15) is 0 Å². The molecular formula is C16H13Br2NO2. The highest BCUT2D eigenvalue weighted by Crippen LogP contribution is 2.32. The molecular weight excluding hydrogens is 398 g/mol. The fraction of sp³-hybridized carbons (Fsp3) is 0.188. The maximum Gasteiger partial charge on any atom is 0.252 e. The molecule has 108 valence electrons. The summed E-state index contributed by atoms with van der Waals surface area (Å²) in [4.78, 5) is 12.5. The van der Waals surface area contributed by atoms with Gasteiger partial charge in [0.05, 0.1) is 18.2 Å². The molecule has 3 nitrogen and oxygen atoms in total. The van der Waals surface area contributed by atoms with E-state index in [4.69, 9.17) is 4.74 Å². The van der Waals surface area contributed by atoms with Gasteiger partial charge in [0.1, 0.15) is 5.75 Å². The van der Waals surface area contributed by atoms with Crippen LogP contribution in [-0.4, -0.2) is 12.5 Å². The number of carbonyl (C=O) groups is 1. The zero-order valence-corrected chi connectivity index (χ0v) is 14.3. The van der Waals surface area contributed by atoms with Crippen LogP contribution in [0.5, 0.6) is 5.75 Å². The molecule has 1 N–H and O–H groups in total. The van der Waals surface area contributed by atoms with E-state index in [9.17, 15) is 4.79 Å². The standard InChI is InChI=1S/C16H13Br2NO2/c17-10-5-6-11(13(18)9-10)16(20)19-14-7-8-21-15-4-2-1-3-12(14)15/h1-6,9,14H,7-8H2,(H,19,20). The number of fused-ring (bicyclic) bond motifs is 1. The minimum Gasteiger partial charge on any atom is -0.493 e. The molecule has 1 atom stereocenters. The maximum absolute atomic E-state index is 12.5. The van der Waals surface area contributed by atoms with E-state index in [0.29, 0.717) is 12.2 Å². The van der Waals surface area contributed by atoms with Gasteiger partial charge in [-0.3, -0.25) is 4.79 Å². The van der Waals surface area contributed by atoms with Crippen LogP contribution >= 0.6 is 31.9 Å². The number of carbonyl (C=O) groups excluding carboxylic acids is 1. The highest BCUT2D eigenvalue weighted by Gasteiger charge is 2.23. The van der Waals surface area contributed by atoms with Gasteiger partial charge in [-0.25, -0.2) is 0 Å². The molecule has 1 amide bonds. The van der Waals surface area contributed by atoms with Gasteiger partial charge in [0.15, 0.2) is 0 Å². The van der Waals surface area contributed by atoms with Crippen LogP contribution in [0, 0.1) is 0 Å². The van der Waals surface area contributed by atoms with Crippen molar-refractivity contribution < 1.29 is 9.53 Å². The van der Waals surface area contributed by atoms with Crippen LogP contribution in [0.1, 0.15) is 28.4 Å². The highest BCUT2D eigenvalue weighted by atomic mass is 79.9. The van der Waals surface area contributed by atoms with Crippen molar-refractivity contribution in [3.63, 3.8) is 0 Å². The van der Waals surface area contributed by atoms with E-state index in [1.54, 1.807) is 6.07 Å². The predicted molar refractivity (Wildman–Crippen MR) is 88.6 cm³/mol. The Balaban J connectivity index is 1.83. The first-order valence-electron chi connectivity index (χ1n) is 6.63. The molecule has 0 fully saturated rings. The first-order chi connectivity index (χ1) is 10.1. The topological polar surface area (TPSA) is 38.3 Å². The van der Waals surface area contributed by atoms with Gasteiger partial charge < -0.3 is 10.1 Å². The van der Waals surface area contributed by atoms with Crippen LogP contribution in [0.15, 0.2) is 51.4 Å². The smallest absolute Gasteiger partial charge is 0.252 e. The fourth-order valence-corrected chi connectivity index (χ4v) is 3.63. The minimum absolute atomic E-state index is 0.0157. The molecule has 0 radical (unpaired) electrons. The van der Waals surface area contributed by atoms with E-state index in [0.717, 1.165) is 26.7 Å². The van der Waals surface area contributed by atoms with Crippen LogP contribution in [0.25, 0.3) is 0 Å². The van der Waals surface area contributed by atoms with E-state index >= 15 is 0 Å². The molecule has 1 heterocycles. The zero-order chi connectivity index (χ0) is 14.8. The number of hydrogen-bond acceptors (Lipinski definition) is 2. The molecule has 3 rings (SSSR count). The summed E-state index contributed by atoms with van der Waals surface area (Å²) in [5.41, 5.74) is 1.66. The summed E-state index contributed by atoms with van der Waals surface area (Å²) in [6.45, 7) is 0.615. The van der Waals surface area contributed by atoms with Crippen molar-refractivity contribution in [3.05, 3.63) is 62.5 Å². The molecule has 2 aromatic carbocycles. The number of hydrogen-bond donors (Lipinski definition) is 1. The first-order valence-corrected chi connectivity index (χ1v) is 8.21. The third-order valence-corrected chi connectivity index (χ3v) is 4.59. The molecule has 5 heteroatoms. The van der Waals surface area contributed by atoms with Gasteiger partial charge >= 0.3 is 0 Å². The normalized spacial score (nSPS) is 16.8. The van der Waals surface area contributed by atoms with Gasteiger partial charge in [-0.05, 0) is 40.2 Å². The number of rotatable bonds is 2. The molecule has 21 heavy (non-hydrogen) atoms. The third-order valence-electron chi connectivity index (χ3n) is 3.44. The number of nitrogens with one attached hydrogen (secondary N) is 1. The molecule has 2 aromatic rings. The molecule has 0 aromatic heterocycles. The Labute approximate surface area is 140 Å². The zero-order valence-electron chi connectivity index (χ0n) is 11.1. The summed E-state index contributed by atoms with van der Waals surface area (Å²) in [6, 6.07) is 13.3. The third kappa shape index (κ3) is 3.14. The van der Waals surface area contributed by atoms with Gasteiger partial charge in [-0.15, -0.1) is 0 Å². The van der Waals surface area contributed by atoms with Crippen LogP contribution < -0.4 is 10.1 Å². The largest absolute Gasteiger partial charge is 0.493 e. The number of ether oxygens (including phenoxy) is 1. The van der Waals surface area contributed by atoms with Crippen molar-refractivity contribution >= 4 is 37.8 Å². The van der Waals surface area contributed by atoms with Gasteiger partial charge in [0, 0.05) is 20.9 Å². The van der Waals surface area contributed by atoms with Crippen molar-refractivity contribution in [2.24, 2.45) is 0 Å². The molecule has 0 saturated heterocycles. The van der Waals surface area contributed by atoms with Crippen molar-refractivity contribution in [2.45, 2.75) is 12.5 Å². The average molecular weight is 411 g/mol. The monoisotopic (exact) mass is 409 g/mol. The van der Waals surface area contributed by atoms with E-state index in [1.807, 2.05) is 36.4 Å². The Hall–Kier alpha value is -1.33. The van der Waals surface area contributed by atoms with Crippen molar-refractivity contribution in [3.8, 4) is 5.75 Å². The Kier molecular flexibility index (Phi) is 4.31. The molecule has 0 saturated carbocycles. The van der Waals surface area contributed by atoms with Crippen molar-refractivity contribution in [2.75, 3.05) is 6.61 Å². The Morgan fingerprint density at radius 1 is 1.19 bits per heavy atom.